The Kier molecular flexibility index (Phi) is 5.41. The highest BCUT2D eigenvalue weighted by Crippen LogP contribution is 2.37. The average Bonchev–Trinajstić information content (AvgIpc) is 3.41. The van der Waals surface area contributed by atoms with E-state index in [2.05, 4.69) is 20.3 Å². The standard InChI is InChI=1S/C27H23FN4O3/c28-22-13-21(22)27(33)32-25-12-20(8-9-29-25)35-19-6-7-24-17(11-19)10-18(15-34-24)26-30-14-23(31-26)16-4-2-1-3-5-16/h1-9,11-12,14,18,21-22H,10,13,15H2,(H,30,31)(H,29,32,33). The molecule has 1 saturated carbocycles. The van der Waals surface area contributed by atoms with E-state index in [4.69, 9.17) is 9.47 Å². The van der Waals surface area contributed by atoms with Gasteiger partial charge in [-0.1, -0.05) is 30.3 Å². The number of amides is 1. The van der Waals surface area contributed by atoms with Gasteiger partial charge in [0, 0.05) is 12.3 Å². The number of hydrogen-bond donors (Lipinski definition) is 2. The molecule has 6 rings (SSSR count). The van der Waals surface area contributed by atoms with Gasteiger partial charge in [0.05, 0.1) is 30.3 Å². The minimum atomic E-state index is -1.05. The van der Waals surface area contributed by atoms with Crippen molar-refractivity contribution in [1.82, 2.24) is 15.0 Å². The lowest BCUT2D eigenvalue weighted by atomic mass is 9.96. The molecule has 1 fully saturated rings. The van der Waals surface area contributed by atoms with Gasteiger partial charge in [-0.2, -0.15) is 0 Å². The van der Waals surface area contributed by atoms with E-state index in [9.17, 15) is 9.18 Å². The summed E-state index contributed by atoms with van der Waals surface area (Å²) in [7, 11) is 0. The third-order valence-electron chi connectivity index (χ3n) is 6.27. The van der Waals surface area contributed by atoms with Gasteiger partial charge in [0.1, 0.15) is 35.1 Å². The van der Waals surface area contributed by atoms with E-state index >= 15 is 0 Å². The van der Waals surface area contributed by atoms with Gasteiger partial charge < -0.3 is 19.8 Å². The largest absolute Gasteiger partial charge is 0.493 e. The second-order valence-electron chi connectivity index (χ2n) is 8.86. The Morgan fingerprint density at radius 3 is 2.74 bits per heavy atom. The lowest BCUT2D eigenvalue weighted by Crippen LogP contribution is -2.20. The van der Waals surface area contributed by atoms with Crippen molar-refractivity contribution in [2.45, 2.75) is 24.9 Å². The van der Waals surface area contributed by atoms with E-state index in [1.165, 1.54) is 0 Å². The summed E-state index contributed by atoms with van der Waals surface area (Å²) < 4.78 is 25.2. The number of imidazole rings is 1. The van der Waals surface area contributed by atoms with Crippen LogP contribution in [0.5, 0.6) is 17.2 Å². The molecule has 2 N–H and O–H groups in total. The highest BCUT2D eigenvalue weighted by atomic mass is 19.1. The molecule has 35 heavy (non-hydrogen) atoms. The van der Waals surface area contributed by atoms with Crippen LogP contribution in [-0.2, 0) is 11.2 Å². The lowest BCUT2D eigenvalue weighted by molar-refractivity contribution is -0.117. The fourth-order valence-corrected chi connectivity index (χ4v) is 4.25. The number of nitrogens with zero attached hydrogens (tertiary/aromatic N) is 2. The number of carbonyl (C=O) groups excluding carboxylic acids is 1. The van der Waals surface area contributed by atoms with Crippen LogP contribution in [0.3, 0.4) is 0 Å². The molecule has 1 aliphatic heterocycles. The summed E-state index contributed by atoms with van der Waals surface area (Å²) in [6, 6.07) is 19.1. The van der Waals surface area contributed by atoms with Gasteiger partial charge in [-0.05, 0) is 48.2 Å². The van der Waals surface area contributed by atoms with Crippen LogP contribution < -0.4 is 14.8 Å². The minimum absolute atomic E-state index is 0.0970. The second-order valence-corrected chi connectivity index (χ2v) is 8.86. The third-order valence-corrected chi connectivity index (χ3v) is 6.27. The number of hydrogen-bond acceptors (Lipinski definition) is 5. The lowest BCUT2D eigenvalue weighted by Gasteiger charge is -2.24. The summed E-state index contributed by atoms with van der Waals surface area (Å²) in [6.07, 6.45) is 3.38. The zero-order valence-corrected chi connectivity index (χ0v) is 18.8. The van der Waals surface area contributed by atoms with Crippen molar-refractivity contribution in [2.24, 2.45) is 5.92 Å². The van der Waals surface area contributed by atoms with E-state index in [-0.39, 0.29) is 18.2 Å². The fourth-order valence-electron chi connectivity index (χ4n) is 4.25. The number of nitrogens with one attached hydrogen (secondary N) is 2. The molecule has 4 aromatic rings. The van der Waals surface area contributed by atoms with Crippen molar-refractivity contribution in [2.75, 3.05) is 11.9 Å². The van der Waals surface area contributed by atoms with Crippen molar-refractivity contribution in [3.05, 3.63) is 84.4 Å². The van der Waals surface area contributed by atoms with Crippen LogP contribution in [0.15, 0.2) is 73.1 Å². The summed E-state index contributed by atoms with van der Waals surface area (Å²) in [5.74, 6) is 2.39. The average molecular weight is 471 g/mol. The molecule has 176 valence electrons. The molecule has 1 aliphatic carbocycles. The second kappa shape index (κ2) is 8.87. The first-order valence-electron chi connectivity index (χ1n) is 11.6. The summed E-state index contributed by atoms with van der Waals surface area (Å²) in [5.41, 5.74) is 3.10. The Hall–Kier alpha value is -4.20. The van der Waals surface area contributed by atoms with Crippen molar-refractivity contribution in [3.8, 4) is 28.5 Å². The smallest absolute Gasteiger partial charge is 0.231 e. The SMILES string of the molecule is O=C(Nc1cc(Oc2ccc3c(c2)CC(c2ncc(-c4ccccc4)[nH]2)CO3)ccn1)C1CC1F. The molecule has 3 atom stereocenters. The normalized spacial score (nSPS) is 20.4. The summed E-state index contributed by atoms with van der Waals surface area (Å²) >= 11 is 0. The Bertz CT molecular complexity index is 1370. The molecule has 0 saturated heterocycles. The van der Waals surface area contributed by atoms with Gasteiger partial charge in [0.2, 0.25) is 5.91 Å². The van der Waals surface area contributed by atoms with Crippen LogP contribution >= 0.6 is 0 Å². The molecule has 0 spiro atoms. The predicted molar refractivity (Wildman–Crippen MR) is 128 cm³/mol. The molecular formula is C27H23FN4O3. The first-order chi connectivity index (χ1) is 17.1. The van der Waals surface area contributed by atoms with E-state index in [0.717, 1.165) is 34.8 Å². The molecule has 0 bridgehead atoms. The molecule has 2 aliphatic rings. The van der Waals surface area contributed by atoms with Crippen LogP contribution in [-0.4, -0.2) is 33.6 Å². The number of fused-ring (bicyclic) bond motifs is 1. The number of H-pyrrole nitrogens is 1. The maximum atomic E-state index is 13.1. The highest BCUT2D eigenvalue weighted by Gasteiger charge is 2.43. The number of carbonyl (C=O) groups is 1. The fraction of sp³-hybridized carbons (Fsp3) is 0.222. The topological polar surface area (TPSA) is 89.1 Å². The number of alkyl halides is 1. The van der Waals surface area contributed by atoms with Gasteiger partial charge in [-0.3, -0.25) is 4.79 Å². The van der Waals surface area contributed by atoms with E-state index in [0.29, 0.717) is 23.9 Å². The molecule has 7 nitrogen and oxygen atoms in total. The molecule has 2 aromatic carbocycles. The van der Waals surface area contributed by atoms with E-state index in [1.54, 1.807) is 18.3 Å². The third kappa shape index (κ3) is 4.59. The molecular weight excluding hydrogens is 447 g/mol. The molecule has 1 amide bonds. The molecule has 3 heterocycles. The van der Waals surface area contributed by atoms with Crippen LogP contribution in [0, 0.1) is 5.92 Å². The van der Waals surface area contributed by atoms with Crippen molar-refractivity contribution >= 4 is 11.7 Å². The summed E-state index contributed by atoms with van der Waals surface area (Å²) in [6.45, 7) is 0.545. The number of pyridine rings is 1. The van der Waals surface area contributed by atoms with Crippen LogP contribution in [0.4, 0.5) is 10.2 Å². The maximum Gasteiger partial charge on any atom is 0.231 e. The van der Waals surface area contributed by atoms with Crippen LogP contribution in [0.2, 0.25) is 0 Å². The van der Waals surface area contributed by atoms with Gasteiger partial charge in [-0.25, -0.2) is 14.4 Å². The highest BCUT2D eigenvalue weighted by molar-refractivity contribution is 5.94. The first-order valence-corrected chi connectivity index (χ1v) is 11.6. The van der Waals surface area contributed by atoms with Crippen LogP contribution in [0.1, 0.15) is 23.7 Å². The van der Waals surface area contributed by atoms with Gasteiger partial charge in [0.15, 0.2) is 0 Å². The molecule has 2 aromatic heterocycles. The number of halogens is 1. The predicted octanol–water partition coefficient (Wildman–Crippen LogP) is 5.28. The quantitative estimate of drug-likeness (QED) is 0.400. The van der Waals surface area contributed by atoms with Gasteiger partial charge in [-0.15, -0.1) is 0 Å². The number of aromatic amines is 1. The molecule has 3 unspecified atom stereocenters. The number of aromatic nitrogens is 3. The molecule has 8 heteroatoms. The van der Waals surface area contributed by atoms with E-state index < -0.39 is 12.1 Å². The van der Waals surface area contributed by atoms with Gasteiger partial charge in [0.25, 0.3) is 0 Å². The number of benzene rings is 2. The van der Waals surface area contributed by atoms with E-state index in [1.807, 2.05) is 54.7 Å². The Morgan fingerprint density at radius 1 is 1.09 bits per heavy atom. The van der Waals surface area contributed by atoms with Crippen molar-refractivity contribution in [3.63, 3.8) is 0 Å². The zero-order chi connectivity index (χ0) is 23.8. The van der Waals surface area contributed by atoms with Crippen molar-refractivity contribution in [1.29, 1.82) is 0 Å². The zero-order valence-electron chi connectivity index (χ0n) is 18.8. The number of ether oxygens (including phenoxy) is 2. The molecule has 0 radical (unpaired) electrons. The Labute approximate surface area is 201 Å². The van der Waals surface area contributed by atoms with Crippen LogP contribution in [0.25, 0.3) is 11.3 Å². The van der Waals surface area contributed by atoms with Crippen molar-refractivity contribution < 1.29 is 18.7 Å². The monoisotopic (exact) mass is 470 g/mol. The van der Waals surface area contributed by atoms with Gasteiger partial charge >= 0.3 is 0 Å². The Morgan fingerprint density at radius 2 is 1.91 bits per heavy atom. The summed E-state index contributed by atoms with van der Waals surface area (Å²) in [4.78, 5) is 24.2. The summed E-state index contributed by atoms with van der Waals surface area (Å²) in [5, 5.41) is 2.65. The number of rotatable bonds is 6. The Balaban J connectivity index is 1.15. The first kappa shape index (κ1) is 21.3. The minimum Gasteiger partial charge on any atom is -0.493 e. The number of anilines is 1. The maximum absolute atomic E-state index is 13.1.